The van der Waals surface area contributed by atoms with Crippen molar-refractivity contribution < 1.29 is 18.0 Å². The molecule has 1 aliphatic carbocycles. The van der Waals surface area contributed by atoms with E-state index in [2.05, 4.69) is 44.9 Å². The molecule has 1 aliphatic rings. The first kappa shape index (κ1) is 23.1. The van der Waals surface area contributed by atoms with Crippen LogP contribution in [0, 0.1) is 0 Å². The van der Waals surface area contributed by atoms with Gasteiger partial charge in [0.1, 0.15) is 11.5 Å². The number of rotatable bonds is 7. The lowest BCUT2D eigenvalue weighted by molar-refractivity contribution is -0.137. The van der Waals surface area contributed by atoms with Gasteiger partial charge in [-0.2, -0.15) is 13.2 Å². The molecule has 9 heteroatoms. The molecule has 0 radical (unpaired) electrons. The van der Waals surface area contributed by atoms with E-state index < -0.39 is 17.6 Å². The number of carbonyl (C=O) groups excluding carboxylic acids is 1. The lowest BCUT2D eigenvalue weighted by Gasteiger charge is -2.15. The van der Waals surface area contributed by atoms with Gasteiger partial charge in [0.15, 0.2) is 0 Å². The number of alkyl halides is 3. The largest absolute Gasteiger partial charge is 0.417 e. The fourth-order valence-electron chi connectivity index (χ4n) is 3.50. The van der Waals surface area contributed by atoms with Gasteiger partial charge in [0.2, 0.25) is 0 Å². The van der Waals surface area contributed by atoms with Gasteiger partial charge in [0.05, 0.1) is 11.3 Å². The third kappa shape index (κ3) is 5.30. The highest BCUT2D eigenvalue weighted by atomic mass is 32.2. The molecule has 0 saturated heterocycles. The summed E-state index contributed by atoms with van der Waals surface area (Å²) in [6.45, 7) is 1.96. The van der Waals surface area contributed by atoms with Gasteiger partial charge < -0.3 is 10.6 Å². The van der Waals surface area contributed by atoms with Crippen LogP contribution in [0.5, 0.6) is 0 Å². The first-order valence-electron chi connectivity index (χ1n) is 10.6. The third-order valence-electron chi connectivity index (χ3n) is 5.36. The molecule has 2 aromatic heterocycles. The highest BCUT2D eigenvalue weighted by molar-refractivity contribution is 7.99. The molecule has 5 nitrogen and oxygen atoms in total. The zero-order valence-electron chi connectivity index (χ0n) is 18.2. The van der Waals surface area contributed by atoms with Gasteiger partial charge in [0.25, 0.3) is 5.91 Å². The zero-order valence-corrected chi connectivity index (χ0v) is 19.0. The number of benzene rings is 1. The second kappa shape index (κ2) is 9.43. The predicted octanol–water partition coefficient (Wildman–Crippen LogP) is 6.45. The van der Waals surface area contributed by atoms with Crippen molar-refractivity contribution in [1.82, 2.24) is 9.97 Å². The molecule has 1 fully saturated rings. The summed E-state index contributed by atoms with van der Waals surface area (Å²) in [5.41, 5.74) is 2.35. The van der Waals surface area contributed by atoms with Crippen LogP contribution in [0.25, 0.3) is 11.1 Å². The molecular weight excluding hydrogens is 449 g/mol. The van der Waals surface area contributed by atoms with Crippen LogP contribution in [-0.4, -0.2) is 28.7 Å². The lowest BCUT2D eigenvalue weighted by Crippen LogP contribution is -2.17. The number of amides is 1. The van der Waals surface area contributed by atoms with E-state index in [0.717, 1.165) is 23.4 Å². The van der Waals surface area contributed by atoms with Crippen LogP contribution in [0.2, 0.25) is 0 Å². The van der Waals surface area contributed by atoms with Gasteiger partial charge in [-0.15, -0.1) is 11.8 Å². The number of carbonyl (C=O) groups is 1. The molecule has 0 spiro atoms. The van der Waals surface area contributed by atoms with Gasteiger partial charge in [-0.1, -0.05) is 31.2 Å². The number of anilines is 2. The van der Waals surface area contributed by atoms with Crippen molar-refractivity contribution in [3.8, 4) is 11.1 Å². The second-order valence-electron chi connectivity index (χ2n) is 7.72. The SMILES string of the molecule is CCSc1cc(-c2ccc(C3CC3)cc2)cnc1C(=O)Nc1cc(C(F)(F)F)cnc1NC. The van der Waals surface area contributed by atoms with Crippen molar-refractivity contribution in [2.75, 3.05) is 23.4 Å². The van der Waals surface area contributed by atoms with Crippen LogP contribution >= 0.6 is 11.8 Å². The molecule has 0 atom stereocenters. The average Bonchev–Trinajstić information content (AvgIpc) is 3.64. The summed E-state index contributed by atoms with van der Waals surface area (Å²) in [5, 5.41) is 5.23. The first-order valence-corrected chi connectivity index (χ1v) is 11.6. The van der Waals surface area contributed by atoms with E-state index in [-0.39, 0.29) is 17.2 Å². The molecule has 0 aliphatic heterocycles. The monoisotopic (exact) mass is 472 g/mol. The fraction of sp³-hybridized carbons (Fsp3) is 0.292. The van der Waals surface area contributed by atoms with Gasteiger partial charge in [0, 0.05) is 29.9 Å². The normalized spacial score (nSPS) is 13.6. The number of hydrogen-bond acceptors (Lipinski definition) is 5. The number of halogens is 3. The Morgan fingerprint density at radius 2 is 1.82 bits per heavy atom. The molecule has 2 N–H and O–H groups in total. The maximum Gasteiger partial charge on any atom is 0.417 e. The Labute approximate surface area is 194 Å². The fourth-order valence-corrected chi connectivity index (χ4v) is 4.30. The molecule has 1 saturated carbocycles. The van der Waals surface area contributed by atoms with E-state index in [1.807, 2.05) is 13.0 Å². The quantitative estimate of drug-likeness (QED) is 0.387. The van der Waals surface area contributed by atoms with E-state index in [4.69, 9.17) is 0 Å². The highest BCUT2D eigenvalue weighted by Gasteiger charge is 2.32. The average molecular weight is 473 g/mol. The second-order valence-corrected chi connectivity index (χ2v) is 9.03. The van der Waals surface area contributed by atoms with Crippen LogP contribution in [0.4, 0.5) is 24.7 Å². The van der Waals surface area contributed by atoms with Crippen molar-refractivity contribution in [1.29, 1.82) is 0 Å². The number of thioether (sulfide) groups is 1. The minimum absolute atomic E-state index is 0.0636. The summed E-state index contributed by atoms with van der Waals surface area (Å²) in [4.78, 5) is 21.8. The Balaban J connectivity index is 1.62. The summed E-state index contributed by atoms with van der Waals surface area (Å²) >= 11 is 1.45. The molecule has 3 aromatic rings. The van der Waals surface area contributed by atoms with E-state index >= 15 is 0 Å². The Bertz CT molecular complexity index is 1160. The van der Waals surface area contributed by atoms with Crippen LogP contribution in [0.1, 0.15) is 47.3 Å². The lowest BCUT2D eigenvalue weighted by atomic mass is 10.0. The van der Waals surface area contributed by atoms with Crippen molar-refractivity contribution in [2.45, 2.75) is 36.8 Å². The molecule has 172 valence electrons. The maximum absolute atomic E-state index is 13.1. The van der Waals surface area contributed by atoms with Crippen LogP contribution in [0.3, 0.4) is 0 Å². The van der Waals surface area contributed by atoms with Crippen LogP contribution in [-0.2, 0) is 6.18 Å². The Hall–Kier alpha value is -3.07. The molecule has 0 unspecified atom stereocenters. The third-order valence-corrected chi connectivity index (χ3v) is 6.27. The maximum atomic E-state index is 13.1. The van der Waals surface area contributed by atoms with Crippen LogP contribution < -0.4 is 10.6 Å². The molecule has 0 bridgehead atoms. The summed E-state index contributed by atoms with van der Waals surface area (Å²) < 4.78 is 39.4. The first-order chi connectivity index (χ1) is 15.8. The summed E-state index contributed by atoms with van der Waals surface area (Å²) in [5.74, 6) is 0.911. The zero-order chi connectivity index (χ0) is 23.6. The van der Waals surface area contributed by atoms with Gasteiger partial charge in [-0.3, -0.25) is 4.79 Å². The van der Waals surface area contributed by atoms with E-state index in [0.29, 0.717) is 16.6 Å². The Morgan fingerprint density at radius 1 is 1.09 bits per heavy atom. The molecule has 1 amide bonds. The van der Waals surface area contributed by atoms with Crippen molar-refractivity contribution in [3.63, 3.8) is 0 Å². The molecule has 4 rings (SSSR count). The number of aromatic nitrogens is 2. The standard InChI is InChI=1S/C24H23F3N4OS/c1-3-33-20-10-17(16-8-6-15(7-9-16)14-4-5-14)12-29-21(20)23(32)31-19-11-18(24(25,26)27)13-30-22(19)28-2/h6-14H,3-5H2,1-2H3,(H,28,30)(H,31,32). The minimum Gasteiger partial charge on any atom is -0.371 e. The number of pyridine rings is 2. The predicted molar refractivity (Wildman–Crippen MR) is 125 cm³/mol. The van der Waals surface area contributed by atoms with Crippen LogP contribution in [0.15, 0.2) is 53.7 Å². The summed E-state index contributed by atoms with van der Waals surface area (Å²) in [6, 6.07) is 11.1. The minimum atomic E-state index is -4.57. The highest BCUT2D eigenvalue weighted by Crippen LogP contribution is 2.40. The molecule has 33 heavy (non-hydrogen) atoms. The van der Waals surface area contributed by atoms with E-state index in [1.165, 1.54) is 37.2 Å². The van der Waals surface area contributed by atoms with Crippen molar-refractivity contribution in [3.05, 3.63) is 65.6 Å². The molecule has 2 heterocycles. The van der Waals surface area contributed by atoms with Crippen molar-refractivity contribution >= 4 is 29.2 Å². The number of nitrogens with zero attached hydrogens (tertiary/aromatic N) is 2. The topological polar surface area (TPSA) is 66.9 Å². The van der Waals surface area contributed by atoms with Gasteiger partial charge in [-0.05, 0) is 47.8 Å². The Kier molecular flexibility index (Phi) is 6.60. The molecule has 1 aromatic carbocycles. The smallest absolute Gasteiger partial charge is 0.371 e. The van der Waals surface area contributed by atoms with Crippen molar-refractivity contribution in [2.24, 2.45) is 0 Å². The van der Waals surface area contributed by atoms with Gasteiger partial charge >= 0.3 is 6.18 Å². The number of hydrogen-bond donors (Lipinski definition) is 2. The molecular formula is C24H23F3N4OS. The van der Waals surface area contributed by atoms with E-state index in [9.17, 15) is 18.0 Å². The van der Waals surface area contributed by atoms with E-state index in [1.54, 1.807) is 6.20 Å². The summed E-state index contributed by atoms with van der Waals surface area (Å²) in [7, 11) is 1.52. The Morgan fingerprint density at radius 3 is 2.42 bits per heavy atom. The summed E-state index contributed by atoms with van der Waals surface area (Å²) in [6.07, 6.45) is 0.236. The number of nitrogens with one attached hydrogen (secondary N) is 2. The van der Waals surface area contributed by atoms with Gasteiger partial charge in [-0.25, -0.2) is 9.97 Å².